The highest BCUT2D eigenvalue weighted by molar-refractivity contribution is 7.71. The molecular weight excluding hydrogens is 204 g/mol. The maximum atomic E-state index is 5.22. The van der Waals surface area contributed by atoms with Gasteiger partial charge in [-0.1, -0.05) is 29.9 Å². The van der Waals surface area contributed by atoms with Crippen LogP contribution in [0.25, 0.3) is 11.3 Å². The molecule has 3 heteroatoms. The molecule has 0 aliphatic rings. The van der Waals surface area contributed by atoms with Gasteiger partial charge >= 0.3 is 0 Å². The van der Waals surface area contributed by atoms with Gasteiger partial charge < -0.3 is 4.98 Å². The highest BCUT2D eigenvalue weighted by Gasteiger charge is 2.04. The van der Waals surface area contributed by atoms with Gasteiger partial charge in [-0.05, 0) is 25.5 Å². The Hall–Kier alpha value is -1.48. The molecule has 0 saturated carbocycles. The summed E-state index contributed by atoms with van der Waals surface area (Å²) in [5.74, 6) is 0. The van der Waals surface area contributed by atoms with E-state index in [9.17, 15) is 0 Å². The largest absolute Gasteiger partial charge is 0.350 e. The van der Waals surface area contributed by atoms with Crippen LogP contribution in [-0.2, 0) is 0 Å². The molecule has 15 heavy (non-hydrogen) atoms. The summed E-state index contributed by atoms with van der Waals surface area (Å²) in [5.41, 5.74) is 4.38. The van der Waals surface area contributed by atoms with Crippen molar-refractivity contribution in [2.45, 2.75) is 13.8 Å². The van der Waals surface area contributed by atoms with Crippen LogP contribution in [0.15, 0.2) is 30.6 Å². The number of hydrogen-bond donors (Lipinski definition) is 1. The number of benzene rings is 1. The molecule has 0 atom stereocenters. The molecule has 76 valence electrons. The molecule has 1 aromatic heterocycles. The minimum absolute atomic E-state index is 0.686. The Morgan fingerprint density at radius 1 is 1.27 bits per heavy atom. The standard InChI is InChI=1S/C12H12N2S/c1-8-3-4-9(2)10(7-8)11-12(15)14-6-5-13-11/h3-7H,1-2H3,(H,14,15). The van der Waals surface area contributed by atoms with Crippen molar-refractivity contribution in [2.75, 3.05) is 0 Å². The number of H-pyrrole nitrogens is 1. The van der Waals surface area contributed by atoms with Crippen LogP contribution < -0.4 is 0 Å². The lowest BCUT2D eigenvalue weighted by Crippen LogP contribution is -1.90. The van der Waals surface area contributed by atoms with Crippen LogP contribution in [0, 0.1) is 18.5 Å². The molecule has 0 radical (unpaired) electrons. The normalized spacial score (nSPS) is 10.3. The lowest BCUT2D eigenvalue weighted by molar-refractivity contribution is 1.18. The van der Waals surface area contributed by atoms with E-state index < -0.39 is 0 Å². The van der Waals surface area contributed by atoms with Crippen LogP contribution >= 0.6 is 12.2 Å². The van der Waals surface area contributed by atoms with Crippen molar-refractivity contribution in [2.24, 2.45) is 0 Å². The third kappa shape index (κ3) is 1.97. The predicted molar refractivity (Wildman–Crippen MR) is 64.3 cm³/mol. The maximum Gasteiger partial charge on any atom is 0.129 e. The summed E-state index contributed by atoms with van der Waals surface area (Å²) < 4.78 is 0.686. The van der Waals surface area contributed by atoms with Crippen LogP contribution in [-0.4, -0.2) is 9.97 Å². The van der Waals surface area contributed by atoms with Gasteiger partial charge in [0.25, 0.3) is 0 Å². The van der Waals surface area contributed by atoms with E-state index in [1.54, 1.807) is 12.4 Å². The quantitative estimate of drug-likeness (QED) is 0.740. The molecule has 2 aromatic rings. The summed E-state index contributed by atoms with van der Waals surface area (Å²) in [6.07, 6.45) is 3.48. The molecule has 0 fully saturated rings. The lowest BCUT2D eigenvalue weighted by Gasteiger charge is -2.05. The zero-order chi connectivity index (χ0) is 10.8. The lowest BCUT2D eigenvalue weighted by atomic mass is 10.0. The summed E-state index contributed by atoms with van der Waals surface area (Å²) in [7, 11) is 0. The summed E-state index contributed by atoms with van der Waals surface area (Å²) in [6, 6.07) is 6.30. The second kappa shape index (κ2) is 3.95. The average Bonchev–Trinajstić information content (AvgIpc) is 2.23. The van der Waals surface area contributed by atoms with Gasteiger partial charge in [0.05, 0.1) is 0 Å². The molecule has 1 N–H and O–H groups in total. The average molecular weight is 216 g/mol. The van der Waals surface area contributed by atoms with Gasteiger partial charge in [-0.2, -0.15) is 0 Å². The second-order valence-electron chi connectivity index (χ2n) is 3.59. The number of aromatic amines is 1. The minimum Gasteiger partial charge on any atom is -0.350 e. The van der Waals surface area contributed by atoms with E-state index in [2.05, 4.69) is 42.0 Å². The third-order valence-corrected chi connectivity index (χ3v) is 2.67. The van der Waals surface area contributed by atoms with E-state index in [-0.39, 0.29) is 0 Å². The summed E-state index contributed by atoms with van der Waals surface area (Å²) >= 11 is 5.22. The molecular formula is C12H12N2S. The van der Waals surface area contributed by atoms with E-state index in [0.29, 0.717) is 4.64 Å². The Kier molecular flexibility index (Phi) is 2.64. The number of nitrogens with one attached hydrogen (secondary N) is 1. The number of hydrogen-bond acceptors (Lipinski definition) is 2. The fraction of sp³-hybridized carbons (Fsp3) is 0.167. The van der Waals surface area contributed by atoms with Crippen molar-refractivity contribution in [3.8, 4) is 11.3 Å². The van der Waals surface area contributed by atoms with E-state index in [1.165, 1.54) is 11.1 Å². The summed E-state index contributed by atoms with van der Waals surface area (Å²) in [5, 5.41) is 0. The van der Waals surface area contributed by atoms with Crippen LogP contribution in [0.4, 0.5) is 0 Å². The summed E-state index contributed by atoms with van der Waals surface area (Å²) in [6.45, 7) is 4.14. The van der Waals surface area contributed by atoms with Crippen molar-refractivity contribution in [3.63, 3.8) is 0 Å². The Bertz CT molecular complexity index is 543. The van der Waals surface area contributed by atoms with Gasteiger partial charge in [-0.15, -0.1) is 0 Å². The van der Waals surface area contributed by atoms with Crippen LogP contribution in [0.1, 0.15) is 11.1 Å². The van der Waals surface area contributed by atoms with E-state index >= 15 is 0 Å². The van der Waals surface area contributed by atoms with Crippen LogP contribution in [0.2, 0.25) is 0 Å². The number of aromatic nitrogens is 2. The third-order valence-electron chi connectivity index (χ3n) is 2.36. The molecule has 0 unspecified atom stereocenters. The van der Waals surface area contributed by atoms with Crippen molar-refractivity contribution in [1.29, 1.82) is 0 Å². The monoisotopic (exact) mass is 216 g/mol. The molecule has 0 aliphatic carbocycles. The molecule has 0 amide bonds. The van der Waals surface area contributed by atoms with Crippen LogP contribution in [0.3, 0.4) is 0 Å². The van der Waals surface area contributed by atoms with Gasteiger partial charge in [0.1, 0.15) is 10.3 Å². The van der Waals surface area contributed by atoms with E-state index in [0.717, 1.165) is 11.3 Å². The van der Waals surface area contributed by atoms with E-state index in [4.69, 9.17) is 12.2 Å². The molecule has 0 aliphatic heterocycles. The highest BCUT2D eigenvalue weighted by Crippen LogP contribution is 2.22. The fourth-order valence-corrected chi connectivity index (χ4v) is 1.77. The smallest absolute Gasteiger partial charge is 0.129 e. The van der Waals surface area contributed by atoms with Crippen molar-refractivity contribution in [1.82, 2.24) is 9.97 Å². The second-order valence-corrected chi connectivity index (χ2v) is 3.99. The minimum atomic E-state index is 0.686. The summed E-state index contributed by atoms with van der Waals surface area (Å²) in [4.78, 5) is 7.31. The SMILES string of the molecule is Cc1ccc(C)c(-c2ncc[nH]c2=S)c1. The predicted octanol–water partition coefficient (Wildman–Crippen LogP) is 3.42. The Morgan fingerprint density at radius 3 is 2.80 bits per heavy atom. The molecule has 0 bridgehead atoms. The molecule has 0 saturated heterocycles. The number of nitrogens with zero attached hydrogens (tertiary/aromatic N) is 1. The number of aryl methyl sites for hydroxylation is 2. The first kappa shape index (κ1) is 10.1. The first-order valence-electron chi connectivity index (χ1n) is 4.80. The van der Waals surface area contributed by atoms with Gasteiger partial charge in [-0.25, -0.2) is 0 Å². The van der Waals surface area contributed by atoms with Crippen molar-refractivity contribution < 1.29 is 0 Å². The van der Waals surface area contributed by atoms with Gasteiger partial charge in [0, 0.05) is 18.0 Å². The first-order chi connectivity index (χ1) is 7.18. The molecule has 0 spiro atoms. The first-order valence-corrected chi connectivity index (χ1v) is 5.20. The molecule has 1 heterocycles. The Labute approximate surface area is 94.0 Å². The topological polar surface area (TPSA) is 28.7 Å². The van der Waals surface area contributed by atoms with Crippen molar-refractivity contribution >= 4 is 12.2 Å². The van der Waals surface area contributed by atoms with Gasteiger partial charge in [0.2, 0.25) is 0 Å². The van der Waals surface area contributed by atoms with Crippen LogP contribution in [0.5, 0.6) is 0 Å². The number of rotatable bonds is 1. The highest BCUT2D eigenvalue weighted by atomic mass is 32.1. The Morgan fingerprint density at radius 2 is 2.07 bits per heavy atom. The fourth-order valence-electron chi connectivity index (χ4n) is 1.53. The molecule has 1 aromatic carbocycles. The van der Waals surface area contributed by atoms with Crippen molar-refractivity contribution in [3.05, 3.63) is 46.4 Å². The van der Waals surface area contributed by atoms with Gasteiger partial charge in [-0.3, -0.25) is 4.98 Å². The molecule has 2 rings (SSSR count). The Balaban J connectivity index is 2.69. The maximum absolute atomic E-state index is 5.22. The van der Waals surface area contributed by atoms with Gasteiger partial charge in [0.15, 0.2) is 0 Å². The zero-order valence-corrected chi connectivity index (χ0v) is 9.56. The molecule has 2 nitrogen and oxygen atoms in total. The van der Waals surface area contributed by atoms with E-state index in [1.807, 2.05) is 0 Å². The zero-order valence-electron chi connectivity index (χ0n) is 8.74.